The zero-order valence-electron chi connectivity index (χ0n) is 10.3. The third kappa shape index (κ3) is 3.67. The van der Waals surface area contributed by atoms with Crippen molar-refractivity contribution < 1.29 is 0 Å². The summed E-state index contributed by atoms with van der Waals surface area (Å²) in [5, 5.41) is 3.43. The van der Waals surface area contributed by atoms with Crippen LogP contribution in [0.1, 0.15) is 26.3 Å². The molecule has 84 valence electrons. The molecule has 0 spiro atoms. The van der Waals surface area contributed by atoms with Gasteiger partial charge in [-0.05, 0) is 30.9 Å². The number of likely N-dealkylation sites (N-methyl/N-ethyl adjacent to an activating group) is 1. The van der Waals surface area contributed by atoms with Crippen LogP contribution in [0, 0.1) is 11.8 Å². The zero-order valence-corrected chi connectivity index (χ0v) is 10.3. The van der Waals surface area contributed by atoms with Gasteiger partial charge in [-0.3, -0.25) is 0 Å². The Hall–Kier alpha value is -0.820. The molecule has 2 atom stereocenters. The average molecular weight is 205 g/mol. The quantitative estimate of drug-likeness (QED) is 0.779. The fourth-order valence-corrected chi connectivity index (χ4v) is 1.88. The van der Waals surface area contributed by atoms with Crippen LogP contribution in [0.2, 0.25) is 0 Å². The first-order valence-electron chi connectivity index (χ1n) is 5.86. The molecule has 2 unspecified atom stereocenters. The standard InChI is InChI=1S/C14H23N/c1-11(2)12(3)14(15-4)10-13-8-6-5-7-9-13/h5-9,11-12,14-15H,10H2,1-4H3. The Balaban J connectivity index is 2.62. The highest BCUT2D eigenvalue weighted by Crippen LogP contribution is 2.17. The summed E-state index contributed by atoms with van der Waals surface area (Å²) in [6.45, 7) is 6.91. The minimum atomic E-state index is 0.576. The van der Waals surface area contributed by atoms with Gasteiger partial charge in [-0.2, -0.15) is 0 Å². The molecular weight excluding hydrogens is 182 g/mol. The lowest BCUT2D eigenvalue weighted by molar-refractivity contribution is 0.310. The van der Waals surface area contributed by atoms with Crippen molar-refractivity contribution in [2.24, 2.45) is 11.8 Å². The maximum absolute atomic E-state index is 3.43. The second kappa shape index (κ2) is 5.92. The van der Waals surface area contributed by atoms with E-state index in [4.69, 9.17) is 0 Å². The summed E-state index contributed by atoms with van der Waals surface area (Å²) < 4.78 is 0. The average Bonchev–Trinajstić information content (AvgIpc) is 2.26. The Kier molecular flexibility index (Phi) is 4.83. The third-order valence-corrected chi connectivity index (χ3v) is 3.36. The van der Waals surface area contributed by atoms with Crippen LogP contribution in [0.25, 0.3) is 0 Å². The smallest absolute Gasteiger partial charge is 0.0132 e. The van der Waals surface area contributed by atoms with E-state index in [0.29, 0.717) is 12.0 Å². The van der Waals surface area contributed by atoms with E-state index in [0.717, 1.165) is 12.3 Å². The van der Waals surface area contributed by atoms with Gasteiger partial charge >= 0.3 is 0 Å². The maximum Gasteiger partial charge on any atom is 0.0132 e. The molecule has 0 aromatic heterocycles. The molecule has 0 fully saturated rings. The first-order chi connectivity index (χ1) is 7.15. The topological polar surface area (TPSA) is 12.0 Å². The van der Waals surface area contributed by atoms with E-state index >= 15 is 0 Å². The van der Waals surface area contributed by atoms with Gasteiger partial charge in [0.25, 0.3) is 0 Å². The summed E-state index contributed by atoms with van der Waals surface area (Å²) in [5.74, 6) is 1.43. The van der Waals surface area contributed by atoms with Crippen molar-refractivity contribution >= 4 is 0 Å². The molecule has 1 N–H and O–H groups in total. The highest BCUT2D eigenvalue weighted by Gasteiger charge is 2.18. The summed E-state index contributed by atoms with van der Waals surface area (Å²) in [7, 11) is 2.06. The van der Waals surface area contributed by atoms with Gasteiger partial charge in [0, 0.05) is 6.04 Å². The summed E-state index contributed by atoms with van der Waals surface area (Å²) in [6, 6.07) is 11.3. The van der Waals surface area contributed by atoms with Crippen LogP contribution in [0.15, 0.2) is 30.3 Å². The van der Waals surface area contributed by atoms with Crippen LogP contribution in [-0.4, -0.2) is 13.1 Å². The molecule has 0 radical (unpaired) electrons. The molecular formula is C14H23N. The lowest BCUT2D eigenvalue weighted by Gasteiger charge is -2.26. The predicted octanol–water partition coefficient (Wildman–Crippen LogP) is 3.11. The number of nitrogens with one attached hydrogen (secondary N) is 1. The van der Waals surface area contributed by atoms with Crippen molar-refractivity contribution in [3.63, 3.8) is 0 Å². The number of benzene rings is 1. The predicted molar refractivity (Wildman–Crippen MR) is 67.0 cm³/mol. The monoisotopic (exact) mass is 205 g/mol. The molecule has 0 bridgehead atoms. The highest BCUT2D eigenvalue weighted by atomic mass is 14.9. The molecule has 1 aromatic carbocycles. The van der Waals surface area contributed by atoms with Crippen molar-refractivity contribution in [1.29, 1.82) is 0 Å². The number of hydrogen-bond donors (Lipinski definition) is 1. The molecule has 0 aliphatic carbocycles. The second-order valence-corrected chi connectivity index (χ2v) is 4.69. The second-order valence-electron chi connectivity index (χ2n) is 4.69. The van der Waals surface area contributed by atoms with Crippen molar-refractivity contribution in [3.8, 4) is 0 Å². The van der Waals surface area contributed by atoms with Gasteiger partial charge < -0.3 is 5.32 Å². The van der Waals surface area contributed by atoms with E-state index in [1.54, 1.807) is 0 Å². The number of hydrogen-bond acceptors (Lipinski definition) is 1. The first-order valence-corrected chi connectivity index (χ1v) is 5.86. The summed E-state index contributed by atoms with van der Waals surface area (Å²) >= 11 is 0. The van der Waals surface area contributed by atoms with Crippen LogP contribution >= 0.6 is 0 Å². The van der Waals surface area contributed by atoms with E-state index < -0.39 is 0 Å². The largest absolute Gasteiger partial charge is 0.316 e. The minimum absolute atomic E-state index is 0.576. The van der Waals surface area contributed by atoms with E-state index in [1.807, 2.05) is 0 Å². The van der Waals surface area contributed by atoms with Crippen LogP contribution in [0.4, 0.5) is 0 Å². The normalized spacial score (nSPS) is 15.3. The zero-order chi connectivity index (χ0) is 11.3. The molecule has 1 heteroatoms. The first kappa shape index (κ1) is 12.3. The Bertz CT molecular complexity index is 266. The molecule has 0 aliphatic heterocycles. The van der Waals surface area contributed by atoms with Gasteiger partial charge in [0.2, 0.25) is 0 Å². The Morgan fingerprint density at radius 3 is 2.13 bits per heavy atom. The molecule has 0 amide bonds. The Morgan fingerprint density at radius 1 is 1.07 bits per heavy atom. The highest BCUT2D eigenvalue weighted by molar-refractivity contribution is 5.16. The van der Waals surface area contributed by atoms with Gasteiger partial charge in [0.1, 0.15) is 0 Å². The molecule has 15 heavy (non-hydrogen) atoms. The molecule has 1 nitrogen and oxygen atoms in total. The van der Waals surface area contributed by atoms with Gasteiger partial charge in [0.05, 0.1) is 0 Å². The summed E-state index contributed by atoms with van der Waals surface area (Å²) in [6.07, 6.45) is 1.12. The van der Waals surface area contributed by atoms with Crippen LogP contribution in [0.5, 0.6) is 0 Å². The van der Waals surface area contributed by atoms with Crippen LogP contribution in [0.3, 0.4) is 0 Å². The Morgan fingerprint density at radius 2 is 1.67 bits per heavy atom. The van der Waals surface area contributed by atoms with Crippen molar-refractivity contribution in [2.45, 2.75) is 33.2 Å². The molecule has 1 aromatic rings. The Labute approximate surface area is 93.9 Å². The van der Waals surface area contributed by atoms with Crippen molar-refractivity contribution in [3.05, 3.63) is 35.9 Å². The lowest BCUT2D eigenvalue weighted by atomic mass is 9.87. The lowest BCUT2D eigenvalue weighted by Crippen LogP contribution is -2.36. The summed E-state index contributed by atoms with van der Waals surface area (Å²) in [5.41, 5.74) is 1.42. The fraction of sp³-hybridized carbons (Fsp3) is 0.571. The molecule has 0 saturated carbocycles. The summed E-state index contributed by atoms with van der Waals surface area (Å²) in [4.78, 5) is 0. The molecule has 0 heterocycles. The van der Waals surface area contributed by atoms with Gasteiger partial charge in [0.15, 0.2) is 0 Å². The van der Waals surface area contributed by atoms with Crippen LogP contribution < -0.4 is 5.32 Å². The number of rotatable bonds is 5. The maximum atomic E-state index is 3.43. The minimum Gasteiger partial charge on any atom is -0.316 e. The molecule has 1 rings (SSSR count). The third-order valence-electron chi connectivity index (χ3n) is 3.36. The fourth-order valence-electron chi connectivity index (χ4n) is 1.88. The van der Waals surface area contributed by atoms with Gasteiger partial charge in [-0.1, -0.05) is 51.1 Å². The van der Waals surface area contributed by atoms with Gasteiger partial charge in [-0.15, -0.1) is 0 Å². The van der Waals surface area contributed by atoms with Crippen molar-refractivity contribution in [2.75, 3.05) is 7.05 Å². The molecule has 0 saturated heterocycles. The van der Waals surface area contributed by atoms with Crippen LogP contribution in [-0.2, 0) is 6.42 Å². The van der Waals surface area contributed by atoms with E-state index in [9.17, 15) is 0 Å². The van der Waals surface area contributed by atoms with Crippen molar-refractivity contribution in [1.82, 2.24) is 5.32 Å². The van der Waals surface area contributed by atoms with E-state index in [-0.39, 0.29) is 0 Å². The van der Waals surface area contributed by atoms with E-state index in [2.05, 4.69) is 63.5 Å². The van der Waals surface area contributed by atoms with E-state index in [1.165, 1.54) is 5.56 Å². The molecule has 0 aliphatic rings. The SMILES string of the molecule is CNC(Cc1ccccc1)C(C)C(C)C. The van der Waals surface area contributed by atoms with Gasteiger partial charge in [-0.25, -0.2) is 0 Å².